The van der Waals surface area contributed by atoms with Crippen LogP contribution in [0, 0.1) is 0 Å². The first-order valence-electron chi connectivity index (χ1n) is 5.13. The second-order valence-corrected chi connectivity index (χ2v) is 3.48. The minimum Gasteiger partial charge on any atom is -0.481 e. The maximum Gasteiger partial charge on any atom is 0.311 e. The van der Waals surface area contributed by atoms with Gasteiger partial charge in [-0.25, -0.2) is 4.98 Å². The molecule has 0 fully saturated rings. The first-order valence-corrected chi connectivity index (χ1v) is 5.13. The average molecular weight is 252 g/mol. The number of methoxy groups -OCH3 is 2. The number of fused-ring (bicyclic) bond motifs is 1. The third kappa shape index (κ3) is 2.29. The predicted octanol–water partition coefficient (Wildman–Crippen LogP) is 0.0428. The lowest BCUT2D eigenvalue weighted by Gasteiger charge is -2.13. The van der Waals surface area contributed by atoms with Crippen LogP contribution in [0.1, 0.15) is 17.8 Å². The van der Waals surface area contributed by atoms with Crippen LogP contribution in [0.4, 0.5) is 0 Å². The van der Waals surface area contributed by atoms with E-state index in [1.165, 1.54) is 24.9 Å². The number of rotatable bonds is 5. The summed E-state index contributed by atoms with van der Waals surface area (Å²) in [7, 11) is 2.99. The molecule has 8 heteroatoms. The molecule has 18 heavy (non-hydrogen) atoms. The van der Waals surface area contributed by atoms with Crippen LogP contribution in [0.3, 0.4) is 0 Å². The first kappa shape index (κ1) is 12.4. The third-order valence-electron chi connectivity index (χ3n) is 2.29. The summed E-state index contributed by atoms with van der Waals surface area (Å²) in [6.45, 7) is 0. The van der Waals surface area contributed by atoms with E-state index in [0.29, 0.717) is 11.5 Å². The summed E-state index contributed by atoms with van der Waals surface area (Å²) in [5.41, 5.74) is 0.592. The van der Waals surface area contributed by atoms with E-state index in [0.717, 1.165) is 0 Å². The fourth-order valence-electron chi connectivity index (χ4n) is 1.58. The van der Waals surface area contributed by atoms with Gasteiger partial charge in [0.2, 0.25) is 6.29 Å². The molecule has 2 aromatic heterocycles. The lowest BCUT2D eigenvalue weighted by Crippen LogP contribution is -2.10. The van der Waals surface area contributed by atoms with E-state index in [4.69, 9.17) is 14.6 Å². The van der Waals surface area contributed by atoms with E-state index in [2.05, 4.69) is 15.1 Å². The van der Waals surface area contributed by atoms with Crippen molar-refractivity contribution in [2.45, 2.75) is 12.7 Å². The van der Waals surface area contributed by atoms with E-state index >= 15 is 0 Å². The summed E-state index contributed by atoms with van der Waals surface area (Å²) in [5.74, 6) is -0.501. The fraction of sp³-hybridized carbons (Fsp3) is 0.400. The maximum atomic E-state index is 10.6. The topological polar surface area (TPSA) is 98.8 Å². The van der Waals surface area contributed by atoms with Gasteiger partial charge >= 0.3 is 5.97 Å². The summed E-state index contributed by atoms with van der Waals surface area (Å²) >= 11 is 0. The molecule has 0 saturated carbocycles. The summed E-state index contributed by atoms with van der Waals surface area (Å²) < 4.78 is 11.7. The molecule has 0 saturated heterocycles. The molecule has 0 amide bonds. The zero-order valence-corrected chi connectivity index (χ0v) is 9.90. The average Bonchev–Trinajstić information content (AvgIpc) is 2.72. The lowest BCUT2D eigenvalue weighted by atomic mass is 10.4. The van der Waals surface area contributed by atoms with E-state index < -0.39 is 12.3 Å². The van der Waals surface area contributed by atoms with Crippen LogP contribution in [0.15, 0.2) is 12.3 Å². The molecule has 96 valence electrons. The largest absolute Gasteiger partial charge is 0.481 e. The number of hydrogen-bond donors (Lipinski definition) is 1. The van der Waals surface area contributed by atoms with Crippen molar-refractivity contribution >= 4 is 11.7 Å². The number of carboxylic acid groups (broad SMARTS) is 1. The first-order chi connectivity index (χ1) is 8.65. The Morgan fingerprint density at radius 3 is 2.83 bits per heavy atom. The van der Waals surface area contributed by atoms with E-state index in [1.54, 1.807) is 6.07 Å². The molecule has 0 radical (unpaired) electrons. The molecule has 8 nitrogen and oxygen atoms in total. The Bertz CT molecular complexity index is 564. The smallest absolute Gasteiger partial charge is 0.311 e. The summed E-state index contributed by atoms with van der Waals surface area (Å²) in [4.78, 5) is 18.6. The van der Waals surface area contributed by atoms with Crippen LogP contribution in [0.25, 0.3) is 5.78 Å². The predicted molar refractivity (Wildman–Crippen MR) is 58.9 cm³/mol. The van der Waals surface area contributed by atoms with Crippen molar-refractivity contribution < 1.29 is 19.4 Å². The molecule has 0 unspecified atom stereocenters. The standard InChI is InChI=1S/C10H12N4O4/c1-17-9(18-2)6-3-4-11-10-12-7(5-8(15)16)13-14(6)10/h3-4,9H,5H2,1-2H3,(H,15,16). The number of aliphatic carboxylic acids is 1. The minimum absolute atomic E-state index is 0.188. The van der Waals surface area contributed by atoms with E-state index in [1.807, 2.05) is 0 Å². The molecule has 0 spiro atoms. The Balaban J connectivity index is 2.48. The highest BCUT2D eigenvalue weighted by molar-refractivity contribution is 5.69. The molecule has 0 aliphatic carbocycles. The number of carboxylic acids is 1. The van der Waals surface area contributed by atoms with Gasteiger partial charge in [0.15, 0.2) is 5.82 Å². The van der Waals surface area contributed by atoms with Crippen LogP contribution in [0.2, 0.25) is 0 Å². The summed E-state index contributed by atoms with van der Waals surface area (Å²) in [5, 5.41) is 12.8. The Kier molecular flexibility index (Phi) is 3.49. The van der Waals surface area contributed by atoms with Crippen LogP contribution in [0.5, 0.6) is 0 Å². The molecular weight excluding hydrogens is 240 g/mol. The number of carbonyl (C=O) groups is 1. The van der Waals surface area contributed by atoms with Crippen molar-refractivity contribution in [3.05, 3.63) is 23.8 Å². The molecule has 0 atom stereocenters. The van der Waals surface area contributed by atoms with E-state index in [9.17, 15) is 4.79 Å². The SMILES string of the molecule is COC(OC)c1ccnc2nc(CC(=O)O)nn12. The highest BCUT2D eigenvalue weighted by Crippen LogP contribution is 2.16. The molecule has 0 aliphatic heterocycles. The van der Waals surface area contributed by atoms with Gasteiger partial charge in [0.25, 0.3) is 5.78 Å². The molecule has 2 rings (SSSR count). The lowest BCUT2D eigenvalue weighted by molar-refractivity contribution is -0.136. The van der Waals surface area contributed by atoms with Crippen molar-refractivity contribution in [3.8, 4) is 0 Å². The van der Waals surface area contributed by atoms with Gasteiger partial charge < -0.3 is 14.6 Å². The second kappa shape index (κ2) is 5.07. The quantitative estimate of drug-likeness (QED) is 0.750. The Morgan fingerprint density at radius 2 is 2.22 bits per heavy atom. The van der Waals surface area contributed by atoms with Crippen LogP contribution < -0.4 is 0 Å². The highest BCUT2D eigenvalue weighted by Gasteiger charge is 2.17. The molecule has 0 aliphatic rings. The molecule has 1 N–H and O–H groups in total. The van der Waals surface area contributed by atoms with Crippen LogP contribution in [-0.4, -0.2) is 44.9 Å². The van der Waals surface area contributed by atoms with Gasteiger partial charge in [-0.2, -0.15) is 9.50 Å². The van der Waals surface area contributed by atoms with Gasteiger partial charge in [0.1, 0.15) is 12.1 Å². The Labute approximate surface area is 102 Å². The molecular formula is C10H12N4O4. The monoisotopic (exact) mass is 252 g/mol. The summed E-state index contributed by atoms with van der Waals surface area (Å²) in [6.07, 6.45) is 0.664. The number of nitrogens with zero attached hydrogens (tertiary/aromatic N) is 4. The minimum atomic E-state index is -0.998. The zero-order chi connectivity index (χ0) is 13.1. The van der Waals surface area contributed by atoms with Crippen molar-refractivity contribution in [3.63, 3.8) is 0 Å². The second-order valence-electron chi connectivity index (χ2n) is 3.48. The Morgan fingerprint density at radius 1 is 1.50 bits per heavy atom. The molecule has 2 aromatic rings. The highest BCUT2D eigenvalue weighted by atomic mass is 16.7. The molecule has 0 aromatic carbocycles. The van der Waals surface area contributed by atoms with Gasteiger partial charge in [-0.1, -0.05) is 0 Å². The normalized spacial score (nSPS) is 11.3. The van der Waals surface area contributed by atoms with Gasteiger partial charge in [-0.3, -0.25) is 4.79 Å². The summed E-state index contributed by atoms with van der Waals surface area (Å²) in [6, 6.07) is 1.67. The third-order valence-corrected chi connectivity index (χ3v) is 2.29. The van der Waals surface area contributed by atoms with Gasteiger partial charge in [0, 0.05) is 20.4 Å². The van der Waals surface area contributed by atoms with Crippen molar-refractivity contribution in [2.24, 2.45) is 0 Å². The van der Waals surface area contributed by atoms with Crippen LogP contribution in [-0.2, 0) is 20.7 Å². The molecule has 2 heterocycles. The van der Waals surface area contributed by atoms with Gasteiger partial charge in [-0.05, 0) is 6.07 Å². The molecule has 0 bridgehead atoms. The number of aromatic nitrogens is 4. The van der Waals surface area contributed by atoms with Crippen LogP contribution >= 0.6 is 0 Å². The Hall–Kier alpha value is -2.06. The number of hydrogen-bond acceptors (Lipinski definition) is 6. The van der Waals surface area contributed by atoms with Crippen molar-refractivity contribution in [1.82, 2.24) is 19.6 Å². The van der Waals surface area contributed by atoms with E-state index in [-0.39, 0.29) is 12.2 Å². The fourth-order valence-corrected chi connectivity index (χ4v) is 1.58. The van der Waals surface area contributed by atoms with Crippen molar-refractivity contribution in [1.29, 1.82) is 0 Å². The maximum absolute atomic E-state index is 10.6. The zero-order valence-electron chi connectivity index (χ0n) is 9.90. The van der Waals surface area contributed by atoms with Crippen molar-refractivity contribution in [2.75, 3.05) is 14.2 Å². The number of ether oxygens (including phenoxy) is 2. The van der Waals surface area contributed by atoms with Gasteiger partial charge in [0.05, 0.1) is 0 Å². The van der Waals surface area contributed by atoms with Gasteiger partial charge in [-0.15, -0.1) is 5.10 Å².